The summed E-state index contributed by atoms with van der Waals surface area (Å²) in [4.78, 5) is 24.6. The lowest BCUT2D eigenvalue weighted by Gasteiger charge is -2.11. The molecule has 27 heavy (non-hydrogen) atoms. The lowest BCUT2D eigenvalue weighted by atomic mass is 10.1. The maximum absolute atomic E-state index is 13.9. The molecule has 1 saturated carbocycles. The zero-order valence-corrected chi connectivity index (χ0v) is 15.2. The molecule has 4 N–H and O–H groups in total. The van der Waals surface area contributed by atoms with Crippen LogP contribution in [0.5, 0.6) is 0 Å². The molecule has 0 aliphatic heterocycles. The first-order valence-electron chi connectivity index (χ1n) is 8.35. The van der Waals surface area contributed by atoms with E-state index >= 15 is 0 Å². The quantitative estimate of drug-likeness (QED) is 0.703. The Hall–Kier alpha value is -2.51. The largest absolute Gasteiger partial charge is 0.351 e. The van der Waals surface area contributed by atoms with Crippen LogP contribution in [-0.2, 0) is 4.79 Å². The van der Waals surface area contributed by atoms with Crippen LogP contribution < -0.4 is 16.4 Å². The molecule has 1 fully saturated rings. The van der Waals surface area contributed by atoms with Crippen molar-refractivity contribution in [1.29, 1.82) is 0 Å². The van der Waals surface area contributed by atoms with Crippen molar-refractivity contribution in [2.45, 2.75) is 12.3 Å². The number of rotatable bonds is 6. The highest BCUT2D eigenvalue weighted by Gasteiger charge is 2.45. The number of para-hydroxylation sites is 1. The smallest absolute Gasteiger partial charge is 0.253 e. The molecule has 0 bridgehead atoms. The maximum atomic E-state index is 13.9. The van der Waals surface area contributed by atoms with Crippen molar-refractivity contribution in [3.63, 3.8) is 0 Å². The molecule has 0 radical (unpaired) electrons. The van der Waals surface area contributed by atoms with Gasteiger partial charge in [-0.3, -0.25) is 9.59 Å². The fourth-order valence-corrected chi connectivity index (χ4v) is 2.93. The van der Waals surface area contributed by atoms with Gasteiger partial charge in [-0.05, 0) is 36.1 Å². The molecular weight excluding hydrogens is 376 g/mol. The number of halogens is 3. The van der Waals surface area contributed by atoms with Crippen molar-refractivity contribution in [3.8, 4) is 0 Å². The van der Waals surface area contributed by atoms with Crippen molar-refractivity contribution >= 4 is 29.9 Å². The highest BCUT2D eigenvalue weighted by molar-refractivity contribution is 6.04. The van der Waals surface area contributed by atoms with Crippen LogP contribution >= 0.6 is 12.4 Å². The van der Waals surface area contributed by atoms with Crippen LogP contribution in [0.15, 0.2) is 42.5 Å². The lowest BCUT2D eigenvalue weighted by Crippen LogP contribution is -2.30. The third-order valence-corrected chi connectivity index (χ3v) is 4.37. The molecule has 2 aromatic carbocycles. The average Bonchev–Trinajstić information content (AvgIpc) is 3.43. The van der Waals surface area contributed by atoms with Gasteiger partial charge < -0.3 is 16.4 Å². The monoisotopic (exact) mass is 395 g/mol. The number of hydrogen-bond acceptors (Lipinski definition) is 3. The molecule has 2 unspecified atom stereocenters. The molecule has 0 saturated heterocycles. The van der Waals surface area contributed by atoms with E-state index in [0.717, 1.165) is 6.07 Å². The van der Waals surface area contributed by atoms with Crippen molar-refractivity contribution in [3.05, 3.63) is 65.2 Å². The number of benzene rings is 2. The van der Waals surface area contributed by atoms with Gasteiger partial charge in [0.15, 0.2) is 11.6 Å². The zero-order valence-electron chi connectivity index (χ0n) is 14.4. The van der Waals surface area contributed by atoms with E-state index in [4.69, 9.17) is 5.73 Å². The molecule has 0 heterocycles. The number of hydrogen-bond donors (Lipinski definition) is 3. The topological polar surface area (TPSA) is 84.2 Å². The first-order valence-corrected chi connectivity index (χ1v) is 8.35. The zero-order chi connectivity index (χ0) is 18.7. The summed E-state index contributed by atoms with van der Waals surface area (Å²) in [5, 5.41) is 5.37. The van der Waals surface area contributed by atoms with E-state index in [9.17, 15) is 18.4 Å². The lowest BCUT2D eigenvalue weighted by molar-refractivity contribution is -0.117. The second kappa shape index (κ2) is 8.92. The van der Waals surface area contributed by atoms with Crippen LogP contribution in [0.2, 0.25) is 0 Å². The molecular formula is C19H20ClF2N3O2. The molecule has 5 nitrogen and oxygen atoms in total. The van der Waals surface area contributed by atoms with Crippen molar-refractivity contribution in [2.75, 3.05) is 18.4 Å². The summed E-state index contributed by atoms with van der Waals surface area (Å²) in [5.74, 6) is -3.30. The van der Waals surface area contributed by atoms with Gasteiger partial charge in [-0.2, -0.15) is 0 Å². The summed E-state index contributed by atoms with van der Waals surface area (Å²) in [6.45, 7) is 0.633. The summed E-state index contributed by atoms with van der Waals surface area (Å²) >= 11 is 0. The van der Waals surface area contributed by atoms with Gasteiger partial charge in [-0.1, -0.05) is 24.3 Å². The Kier molecular flexibility index (Phi) is 6.87. The van der Waals surface area contributed by atoms with E-state index in [2.05, 4.69) is 10.6 Å². The standard InChI is InChI=1S/C19H19F2N3O2.ClH/c20-15-6-3-5-11(17(15)21)13-10-14(13)19(26)24-16-7-2-1-4-12(16)18(25)23-9-8-22;/h1-7,13-14H,8-10,22H2,(H,23,25)(H,24,26);1H. The maximum Gasteiger partial charge on any atom is 0.253 e. The molecule has 2 aromatic rings. The number of carbonyl (C=O) groups is 2. The van der Waals surface area contributed by atoms with E-state index < -0.39 is 17.6 Å². The van der Waals surface area contributed by atoms with Gasteiger partial charge in [0.2, 0.25) is 5.91 Å². The van der Waals surface area contributed by atoms with Gasteiger partial charge in [-0.25, -0.2) is 8.78 Å². The van der Waals surface area contributed by atoms with Crippen LogP contribution in [0, 0.1) is 17.6 Å². The van der Waals surface area contributed by atoms with Crippen LogP contribution in [0.25, 0.3) is 0 Å². The van der Waals surface area contributed by atoms with Crippen molar-refractivity contribution in [1.82, 2.24) is 5.32 Å². The predicted octanol–water partition coefficient (Wildman–Crippen LogP) is 2.82. The van der Waals surface area contributed by atoms with Crippen LogP contribution in [-0.4, -0.2) is 24.9 Å². The van der Waals surface area contributed by atoms with Gasteiger partial charge in [0.05, 0.1) is 11.3 Å². The summed E-state index contributed by atoms with van der Waals surface area (Å²) in [6, 6.07) is 10.6. The van der Waals surface area contributed by atoms with E-state index in [0.29, 0.717) is 30.8 Å². The minimum absolute atomic E-state index is 0. The molecule has 2 atom stereocenters. The number of carbonyl (C=O) groups excluding carboxylic acids is 2. The Morgan fingerprint density at radius 2 is 1.85 bits per heavy atom. The van der Waals surface area contributed by atoms with Gasteiger partial charge in [0.1, 0.15) is 0 Å². The number of nitrogens with one attached hydrogen (secondary N) is 2. The van der Waals surface area contributed by atoms with Crippen molar-refractivity contribution in [2.24, 2.45) is 11.7 Å². The van der Waals surface area contributed by atoms with E-state index in [1.165, 1.54) is 12.1 Å². The summed E-state index contributed by atoms with van der Waals surface area (Å²) < 4.78 is 27.2. The van der Waals surface area contributed by atoms with Crippen molar-refractivity contribution < 1.29 is 18.4 Å². The fourth-order valence-electron chi connectivity index (χ4n) is 2.93. The van der Waals surface area contributed by atoms with E-state index in [-0.39, 0.29) is 35.7 Å². The molecule has 1 aliphatic rings. The highest BCUT2D eigenvalue weighted by atomic mass is 35.5. The minimum atomic E-state index is -0.921. The summed E-state index contributed by atoms with van der Waals surface area (Å²) in [7, 11) is 0. The Balaban J connectivity index is 0.00000261. The fraction of sp³-hybridized carbons (Fsp3) is 0.263. The average molecular weight is 396 g/mol. The molecule has 3 rings (SSSR count). The Bertz CT molecular complexity index is 847. The second-order valence-electron chi connectivity index (χ2n) is 6.17. The normalized spacial score (nSPS) is 17.6. The van der Waals surface area contributed by atoms with Gasteiger partial charge in [0.25, 0.3) is 5.91 Å². The Morgan fingerprint density at radius 3 is 2.59 bits per heavy atom. The molecule has 144 valence electrons. The van der Waals surface area contributed by atoms with E-state index in [1.54, 1.807) is 24.3 Å². The first kappa shape index (κ1) is 20.8. The van der Waals surface area contributed by atoms with Crippen LogP contribution in [0.4, 0.5) is 14.5 Å². The third kappa shape index (κ3) is 4.61. The van der Waals surface area contributed by atoms with Crippen LogP contribution in [0.3, 0.4) is 0 Å². The molecule has 2 amide bonds. The minimum Gasteiger partial charge on any atom is -0.351 e. The molecule has 8 heteroatoms. The Labute approximate surface area is 161 Å². The van der Waals surface area contributed by atoms with Gasteiger partial charge in [-0.15, -0.1) is 12.4 Å². The third-order valence-electron chi connectivity index (χ3n) is 4.37. The predicted molar refractivity (Wildman–Crippen MR) is 101 cm³/mol. The number of nitrogens with two attached hydrogens (primary N) is 1. The van der Waals surface area contributed by atoms with Gasteiger partial charge >= 0.3 is 0 Å². The first-order chi connectivity index (χ1) is 12.5. The SMILES string of the molecule is Cl.NCCNC(=O)c1ccccc1NC(=O)C1CC1c1cccc(F)c1F. The van der Waals surface area contributed by atoms with Gasteiger partial charge in [0, 0.05) is 19.0 Å². The molecule has 0 spiro atoms. The molecule has 1 aliphatic carbocycles. The summed E-state index contributed by atoms with van der Waals surface area (Å²) in [5.41, 5.74) is 6.28. The van der Waals surface area contributed by atoms with E-state index in [1.807, 2.05) is 0 Å². The Morgan fingerprint density at radius 1 is 1.11 bits per heavy atom. The highest BCUT2D eigenvalue weighted by Crippen LogP contribution is 2.49. The summed E-state index contributed by atoms with van der Waals surface area (Å²) in [6.07, 6.45) is 0.438. The number of anilines is 1. The number of amides is 2. The molecule has 0 aromatic heterocycles. The van der Waals surface area contributed by atoms with Crippen LogP contribution in [0.1, 0.15) is 28.3 Å². The second-order valence-corrected chi connectivity index (χ2v) is 6.17.